The fraction of sp³-hybridized carbons (Fsp3) is 0.0714. The Morgan fingerprint density at radius 2 is 1.66 bits per heavy atom. The fourth-order valence-corrected chi connectivity index (χ4v) is 4.55. The van der Waals surface area contributed by atoms with Gasteiger partial charge in [-0.1, -0.05) is 61.2 Å². The number of aromatic nitrogens is 3. The molecule has 4 heteroatoms. The van der Waals surface area contributed by atoms with Crippen LogP contribution in [-0.4, -0.2) is 14.5 Å². The first-order chi connectivity index (χ1) is 15.7. The molecule has 32 heavy (non-hydrogen) atoms. The molecule has 0 saturated heterocycles. The Kier molecular flexibility index (Phi) is 4.02. The van der Waals surface area contributed by atoms with E-state index in [0.717, 1.165) is 49.6 Å². The lowest BCUT2D eigenvalue weighted by Gasteiger charge is -2.07. The van der Waals surface area contributed by atoms with Crippen LogP contribution in [0.5, 0.6) is 0 Å². The van der Waals surface area contributed by atoms with E-state index in [4.69, 9.17) is 14.4 Å². The highest BCUT2D eigenvalue weighted by atomic mass is 16.3. The molecule has 0 aliphatic heterocycles. The van der Waals surface area contributed by atoms with Crippen molar-refractivity contribution in [2.24, 2.45) is 7.05 Å². The van der Waals surface area contributed by atoms with Gasteiger partial charge in [0.2, 0.25) is 5.71 Å². The van der Waals surface area contributed by atoms with E-state index >= 15 is 0 Å². The number of aryl methyl sites for hydroxylation is 1. The maximum Gasteiger partial charge on any atom is 0.231 e. The lowest BCUT2D eigenvalue weighted by molar-refractivity contribution is 0.653. The summed E-state index contributed by atoms with van der Waals surface area (Å²) in [5.74, 6) is 0.647. The Hall–Kier alpha value is -4.18. The van der Waals surface area contributed by atoms with E-state index < -0.39 is 0 Å². The van der Waals surface area contributed by atoms with Crippen molar-refractivity contribution in [2.75, 3.05) is 0 Å². The minimum atomic E-state index is 0.600. The number of benzene rings is 3. The second-order valence-electron chi connectivity index (χ2n) is 8.03. The summed E-state index contributed by atoms with van der Waals surface area (Å²) in [5.41, 5.74) is 7.76. The normalized spacial score (nSPS) is 11.6. The Balaban J connectivity index is 1.67. The zero-order valence-electron chi connectivity index (χ0n) is 18.0. The van der Waals surface area contributed by atoms with Gasteiger partial charge in [0.05, 0.1) is 11.1 Å². The third kappa shape index (κ3) is 2.63. The molecule has 6 rings (SSSR count). The Labute approximate surface area is 185 Å². The summed E-state index contributed by atoms with van der Waals surface area (Å²) in [6, 6.07) is 24.6. The van der Waals surface area contributed by atoms with Crippen molar-refractivity contribution in [1.29, 1.82) is 0 Å². The van der Waals surface area contributed by atoms with Crippen LogP contribution in [0.2, 0.25) is 0 Å². The van der Waals surface area contributed by atoms with Gasteiger partial charge in [-0.3, -0.25) is 0 Å². The molecule has 0 radical (unpaired) electrons. The highest BCUT2D eigenvalue weighted by Crippen LogP contribution is 2.37. The van der Waals surface area contributed by atoms with Crippen molar-refractivity contribution in [3.05, 3.63) is 90.6 Å². The predicted molar refractivity (Wildman–Crippen MR) is 131 cm³/mol. The van der Waals surface area contributed by atoms with Gasteiger partial charge in [-0.05, 0) is 31.2 Å². The molecule has 6 aromatic rings. The molecule has 0 saturated carbocycles. The van der Waals surface area contributed by atoms with Crippen molar-refractivity contribution >= 4 is 39.0 Å². The van der Waals surface area contributed by atoms with Gasteiger partial charge in [0, 0.05) is 45.7 Å². The van der Waals surface area contributed by atoms with Gasteiger partial charge in [0.15, 0.2) is 5.82 Å². The van der Waals surface area contributed by atoms with Gasteiger partial charge >= 0.3 is 0 Å². The average molecular weight is 415 g/mol. The summed E-state index contributed by atoms with van der Waals surface area (Å²) in [4.78, 5) is 9.90. The van der Waals surface area contributed by atoms with Crippen LogP contribution in [-0.2, 0) is 7.05 Å². The SMILES string of the molecule is C=Cc1c(C)n(C)c2ccc(-c3nc(-c4ccccc4)c4c(n3)oc3ccccc34)cc12. The largest absolute Gasteiger partial charge is 0.438 e. The first kappa shape index (κ1) is 18.6. The van der Waals surface area contributed by atoms with E-state index in [1.54, 1.807) is 0 Å². The summed E-state index contributed by atoms with van der Waals surface area (Å²) in [7, 11) is 2.08. The molecule has 0 fully saturated rings. The molecule has 3 aromatic carbocycles. The zero-order valence-corrected chi connectivity index (χ0v) is 18.0. The molecule has 3 aromatic heterocycles. The topological polar surface area (TPSA) is 43.9 Å². The molecular weight excluding hydrogens is 394 g/mol. The van der Waals surface area contributed by atoms with Crippen LogP contribution < -0.4 is 0 Å². The van der Waals surface area contributed by atoms with Crippen molar-refractivity contribution in [1.82, 2.24) is 14.5 Å². The molecular formula is C28H21N3O. The maximum atomic E-state index is 6.16. The Bertz CT molecular complexity index is 1660. The molecule has 0 amide bonds. The van der Waals surface area contributed by atoms with Crippen LogP contribution in [0.3, 0.4) is 0 Å². The standard InChI is InChI=1S/C28H21N3O/c1-4-20-17(2)31(3)23-15-14-19(16-22(20)23)27-29-26(18-10-6-5-7-11-18)25-21-12-8-9-13-24(21)32-28(25)30-27/h4-16H,1H2,2-3H3. The quantitative estimate of drug-likeness (QED) is 0.308. The lowest BCUT2D eigenvalue weighted by atomic mass is 10.0. The smallest absolute Gasteiger partial charge is 0.231 e. The Morgan fingerprint density at radius 1 is 0.875 bits per heavy atom. The third-order valence-corrected chi connectivity index (χ3v) is 6.29. The predicted octanol–water partition coefficient (Wildman–Crippen LogP) is 7.15. The molecule has 0 unspecified atom stereocenters. The summed E-state index contributed by atoms with van der Waals surface area (Å²) in [5, 5.41) is 3.11. The molecule has 0 atom stereocenters. The van der Waals surface area contributed by atoms with Crippen molar-refractivity contribution in [3.63, 3.8) is 0 Å². The molecule has 0 aliphatic rings. The van der Waals surface area contributed by atoms with E-state index in [-0.39, 0.29) is 0 Å². The molecule has 0 bridgehead atoms. The highest BCUT2D eigenvalue weighted by Gasteiger charge is 2.18. The van der Waals surface area contributed by atoms with Crippen LogP contribution >= 0.6 is 0 Å². The van der Waals surface area contributed by atoms with E-state index in [9.17, 15) is 0 Å². The van der Waals surface area contributed by atoms with E-state index in [2.05, 4.69) is 61.5 Å². The van der Waals surface area contributed by atoms with Crippen LogP contribution in [0, 0.1) is 6.92 Å². The van der Waals surface area contributed by atoms with Crippen LogP contribution in [0.15, 0.2) is 83.8 Å². The number of rotatable bonds is 3. The summed E-state index contributed by atoms with van der Waals surface area (Å²) >= 11 is 0. The first-order valence-corrected chi connectivity index (χ1v) is 10.6. The second-order valence-corrected chi connectivity index (χ2v) is 8.03. The highest BCUT2D eigenvalue weighted by molar-refractivity contribution is 6.10. The zero-order chi connectivity index (χ0) is 21.8. The number of para-hydroxylation sites is 1. The fourth-order valence-electron chi connectivity index (χ4n) is 4.55. The van der Waals surface area contributed by atoms with Gasteiger partial charge in [-0.25, -0.2) is 4.98 Å². The minimum absolute atomic E-state index is 0.600. The minimum Gasteiger partial charge on any atom is -0.438 e. The van der Waals surface area contributed by atoms with Gasteiger partial charge in [-0.2, -0.15) is 4.98 Å². The number of furan rings is 1. The Morgan fingerprint density at radius 3 is 2.47 bits per heavy atom. The molecule has 0 spiro atoms. The van der Waals surface area contributed by atoms with Crippen LogP contribution in [0.1, 0.15) is 11.3 Å². The van der Waals surface area contributed by atoms with Gasteiger partial charge in [-0.15, -0.1) is 0 Å². The lowest BCUT2D eigenvalue weighted by Crippen LogP contribution is -1.94. The average Bonchev–Trinajstić information content (AvgIpc) is 3.33. The molecule has 0 N–H and O–H groups in total. The first-order valence-electron chi connectivity index (χ1n) is 10.6. The van der Waals surface area contributed by atoms with Crippen LogP contribution in [0.25, 0.3) is 61.7 Å². The van der Waals surface area contributed by atoms with E-state index in [1.165, 1.54) is 5.69 Å². The van der Waals surface area contributed by atoms with E-state index in [0.29, 0.717) is 11.5 Å². The van der Waals surface area contributed by atoms with E-state index in [1.807, 2.05) is 42.5 Å². The molecule has 154 valence electrons. The molecule has 4 nitrogen and oxygen atoms in total. The van der Waals surface area contributed by atoms with Crippen LogP contribution in [0.4, 0.5) is 0 Å². The summed E-state index contributed by atoms with van der Waals surface area (Å²) < 4.78 is 8.35. The number of hydrogen-bond donors (Lipinski definition) is 0. The van der Waals surface area contributed by atoms with Gasteiger partial charge in [0.1, 0.15) is 5.58 Å². The van der Waals surface area contributed by atoms with Crippen molar-refractivity contribution in [3.8, 4) is 22.6 Å². The third-order valence-electron chi connectivity index (χ3n) is 6.29. The number of fused-ring (bicyclic) bond motifs is 4. The number of nitrogens with zero attached hydrogens (tertiary/aromatic N) is 3. The maximum absolute atomic E-state index is 6.16. The van der Waals surface area contributed by atoms with Gasteiger partial charge < -0.3 is 8.98 Å². The van der Waals surface area contributed by atoms with Crippen molar-refractivity contribution in [2.45, 2.75) is 6.92 Å². The summed E-state index contributed by atoms with van der Waals surface area (Å²) in [6.45, 7) is 6.13. The second kappa shape index (κ2) is 6.92. The monoisotopic (exact) mass is 415 g/mol. The van der Waals surface area contributed by atoms with Gasteiger partial charge in [0.25, 0.3) is 0 Å². The molecule has 0 aliphatic carbocycles. The molecule has 3 heterocycles. The summed E-state index contributed by atoms with van der Waals surface area (Å²) in [6.07, 6.45) is 1.92. The van der Waals surface area contributed by atoms with Crippen molar-refractivity contribution < 1.29 is 4.42 Å². The number of hydrogen-bond acceptors (Lipinski definition) is 3.